The summed E-state index contributed by atoms with van der Waals surface area (Å²) in [5, 5.41) is 2.02. The van der Waals surface area contributed by atoms with Gasteiger partial charge in [0.2, 0.25) is 10.0 Å². The fourth-order valence-electron chi connectivity index (χ4n) is 3.68. The molecule has 0 spiro atoms. The van der Waals surface area contributed by atoms with Gasteiger partial charge in [-0.05, 0) is 55.0 Å². The lowest BCUT2D eigenvalue weighted by atomic mass is 10.1. The number of ether oxygens (including phenoxy) is 1. The summed E-state index contributed by atoms with van der Waals surface area (Å²) in [6, 6.07) is 6.46. The summed E-state index contributed by atoms with van der Waals surface area (Å²) in [4.78, 5) is 28.5. The van der Waals surface area contributed by atoms with Crippen molar-refractivity contribution in [1.82, 2.24) is 9.21 Å². The number of sulfonamides is 1. The number of aryl methyl sites for hydroxylation is 1. The Hall–Kier alpha value is -2.23. The van der Waals surface area contributed by atoms with E-state index in [9.17, 15) is 18.0 Å². The number of carbonyl (C=O) groups excluding carboxylic acids is 2. The second-order valence-electron chi connectivity index (χ2n) is 7.50. The van der Waals surface area contributed by atoms with Crippen LogP contribution in [0.15, 0.2) is 34.5 Å². The van der Waals surface area contributed by atoms with Crippen LogP contribution in [-0.2, 0) is 32.5 Å². The van der Waals surface area contributed by atoms with E-state index in [1.165, 1.54) is 21.3 Å². The van der Waals surface area contributed by atoms with Gasteiger partial charge in [0.05, 0.1) is 10.5 Å². The van der Waals surface area contributed by atoms with Gasteiger partial charge in [-0.25, -0.2) is 13.2 Å². The Morgan fingerprint density at radius 3 is 2.61 bits per heavy atom. The summed E-state index contributed by atoms with van der Waals surface area (Å²) in [7, 11) is -3.72. The van der Waals surface area contributed by atoms with Gasteiger partial charge in [0.25, 0.3) is 5.91 Å². The molecule has 168 valence electrons. The van der Waals surface area contributed by atoms with E-state index >= 15 is 0 Å². The van der Waals surface area contributed by atoms with Crippen molar-refractivity contribution in [1.29, 1.82) is 0 Å². The van der Waals surface area contributed by atoms with Gasteiger partial charge in [0, 0.05) is 31.1 Å². The van der Waals surface area contributed by atoms with Crippen molar-refractivity contribution < 1.29 is 22.7 Å². The molecule has 0 bridgehead atoms. The van der Waals surface area contributed by atoms with Crippen molar-refractivity contribution in [3.05, 3.63) is 51.2 Å². The standard InChI is InChI=1S/C22H28N2O5S2/c1-5-24(6-2)31(27,28)20-13-17(8-7-15(20)3)22(26)29-16(4)21(25)23-11-9-19-18(14-23)10-12-30-19/h7-8,10,12-13,16H,5-6,9,11,14H2,1-4H3. The summed E-state index contributed by atoms with van der Waals surface area (Å²) >= 11 is 1.69. The monoisotopic (exact) mass is 464 g/mol. The molecule has 1 aliphatic rings. The van der Waals surface area contributed by atoms with Crippen molar-refractivity contribution in [2.24, 2.45) is 0 Å². The van der Waals surface area contributed by atoms with E-state index in [0.717, 1.165) is 12.0 Å². The summed E-state index contributed by atoms with van der Waals surface area (Å²) in [5.74, 6) is -0.974. The van der Waals surface area contributed by atoms with Crippen molar-refractivity contribution in [2.75, 3.05) is 19.6 Å². The maximum Gasteiger partial charge on any atom is 0.338 e. The maximum atomic E-state index is 12.9. The predicted octanol–water partition coefficient (Wildman–Crippen LogP) is 3.22. The fraction of sp³-hybridized carbons (Fsp3) is 0.455. The molecule has 1 unspecified atom stereocenters. The molecule has 1 amide bonds. The number of hydrogen-bond acceptors (Lipinski definition) is 6. The van der Waals surface area contributed by atoms with Crippen molar-refractivity contribution >= 4 is 33.2 Å². The van der Waals surface area contributed by atoms with E-state index in [1.807, 2.05) is 11.4 Å². The third kappa shape index (κ3) is 4.83. The Labute approximate surface area is 187 Å². The maximum absolute atomic E-state index is 12.9. The summed E-state index contributed by atoms with van der Waals surface area (Å²) in [5.41, 5.74) is 1.79. The van der Waals surface area contributed by atoms with Crippen molar-refractivity contribution in [3.8, 4) is 0 Å². The Kier molecular flexibility index (Phi) is 7.18. The lowest BCUT2D eigenvalue weighted by Crippen LogP contribution is -2.42. The topological polar surface area (TPSA) is 84.0 Å². The summed E-state index contributed by atoms with van der Waals surface area (Å²) < 4.78 is 32.6. The van der Waals surface area contributed by atoms with E-state index < -0.39 is 22.1 Å². The molecular formula is C22H28N2O5S2. The largest absolute Gasteiger partial charge is 0.449 e. The minimum Gasteiger partial charge on any atom is -0.449 e. The van der Waals surface area contributed by atoms with Crippen LogP contribution in [0.3, 0.4) is 0 Å². The molecule has 0 radical (unpaired) electrons. The summed E-state index contributed by atoms with van der Waals surface area (Å²) in [6.45, 7) is 8.53. The predicted molar refractivity (Wildman–Crippen MR) is 120 cm³/mol. The number of fused-ring (bicyclic) bond motifs is 1. The van der Waals surface area contributed by atoms with Crippen molar-refractivity contribution in [3.63, 3.8) is 0 Å². The van der Waals surface area contributed by atoms with Gasteiger partial charge in [-0.15, -0.1) is 11.3 Å². The molecule has 9 heteroatoms. The van der Waals surface area contributed by atoms with Crippen LogP contribution < -0.4 is 0 Å². The average molecular weight is 465 g/mol. The lowest BCUT2D eigenvalue weighted by molar-refractivity contribution is -0.140. The van der Waals surface area contributed by atoms with Gasteiger partial charge < -0.3 is 9.64 Å². The summed E-state index contributed by atoms with van der Waals surface area (Å²) in [6.07, 6.45) is -0.166. The van der Waals surface area contributed by atoms with Crippen LogP contribution in [0.4, 0.5) is 0 Å². The van der Waals surface area contributed by atoms with E-state index in [-0.39, 0.29) is 16.4 Å². The fourth-order valence-corrected chi connectivity index (χ4v) is 6.28. The highest BCUT2D eigenvalue weighted by atomic mass is 32.2. The van der Waals surface area contributed by atoms with Crippen molar-refractivity contribution in [2.45, 2.75) is 51.7 Å². The van der Waals surface area contributed by atoms with E-state index in [2.05, 4.69) is 0 Å². The number of rotatable bonds is 7. The lowest BCUT2D eigenvalue weighted by Gasteiger charge is -2.29. The van der Waals surface area contributed by atoms with E-state index in [4.69, 9.17) is 4.74 Å². The first-order valence-corrected chi connectivity index (χ1v) is 12.7. The second-order valence-corrected chi connectivity index (χ2v) is 10.4. The smallest absolute Gasteiger partial charge is 0.338 e. The Bertz CT molecular complexity index is 1070. The molecule has 2 aromatic rings. The number of thiophene rings is 1. The van der Waals surface area contributed by atoms with Gasteiger partial charge >= 0.3 is 5.97 Å². The molecule has 0 saturated carbocycles. The average Bonchev–Trinajstić information content (AvgIpc) is 3.21. The Morgan fingerprint density at radius 1 is 1.23 bits per heavy atom. The van der Waals surface area contributed by atoms with E-state index in [0.29, 0.717) is 31.7 Å². The zero-order valence-corrected chi connectivity index (χ0v) is 19.9. The SMILES string of the molecule is CCN(CC)S(=O)(=O)c1cc(C(=O)OC(C)C(=O)N2CCc3sccc3C2)ccc1C. The highest BCUT2D eigenvalue weighted by molar-refractivity contribution is 7.89. The number of carbonyl (C=O) groups is 2. The molecule has 0 N–H and O–H groups in total. The normalized spacial score (nSPS) is 14.9. The number of hydrogen-bond donors (Lipinski definition) is 0. The van der Waals surface area contributed by atoms with Crippen LogP contribution in [0.25, 0.3) is 0 Å². The molecule has 1 aliphatic heterocycles. The highest BCUT2D eigenvalue weighted by Gasteiger charge is 2.29. The molecule has 0 aliphatic carbocycles. The van der Waals surface area contributed by atoms with E-state index in [1.54, 1.807) is 50.0 Å². The molecule has 2 heterocycles. The third-order valence-electron chi connectivity index (χ3n) is 5.50. The molecule has 1 aromatic carbocycles. The number of esters is 1. The van der Waals surface area contributed by atoms with Gasteiger partial charge in [0.1, 0.15) is 0 Å². The molecule has 0 fully saturated rings. The molecule has 7 nitrogen and oxygen atoms in total. The molecule has 1 aromatic heterocycles. The first-order valence-electron chi connectivity index (χ1n) is 10.3. The number of amides is 1. The quantitative estimate of drug-likeness (QED) is 0.588. The zero-order valence-electron chi connectivity index (χ0n) is 18.3. The first kappa shape index (κ1) is 23.4. The Balaban J connectivity index is 1.74. The first-order chi connectivity index (χ1) is 14.7. The highest BCUT2D eigenvalue weighted by Crippen LogP contribution is 2.25. The molecule has 3 rings (SSSR count). The minimum absolute atomic E-state index is 0.0747. The molecular weight excluding hydrogens is 436 g/mol. The van der Waals surface area contributed by atoms with Gasteiger partial charge in [-0.2, -0.15) is 4.31 Å². The molecule has 0 saturated heterocycles. The van der Waals surface area contributed by atoms with Crippen LogP contribution in [-0.4, -0.2) is 55.2 Å². The van der Waals surface area contributed by atoms with Crippen LogP contribution >= 0.6 is 11.3 Å². The van der Waals surface area contributed by atoms with Crippen LogP contribution in [0.2, 0.25) is 0 Å². The van der Waals surface area contributed by atoms with Crippen LogP contribution in [0.5, 0.6) is 0 Å². The number of benzene rings is 1. The second kappa shape index (κ2) is 9.50. The van der Waals surface area contributed by atoms with Crippen LogP contribution in [0.1, 0.15) is 47.1 Å². The van der Waals surface area contributed by atoms with Crippen LogP contribution in [0, 0.1) is 6.92 Å². The van der Waals surface area contributed by atoms with Gasteiger partial charge in [-0.1, -0.05) is 19.9 Å². The zero-order chi connectivity index (χ0) is 22.8. The Morgan fingerprint density at radius 2 is 1.94 bits per heavy atom. The van der Waals surface area contributed by atoms with Gasteiger partial charge in [0.15, 0.2) is 6.10 Å². The minimum atomic E-state index is -3.72. The van der Waals surface area contributed by atoms with Gasteiger partial charge in [-0.3, -0.25) is 4.79 Å². The number of nitrogens with zero attached hydrogens (tertiary/aromatic N) is 2. The molecule has 31 heavy (non-hydrogen) atoms. The third-order valence-corrected chi connectivity index (χ3v) is 8.71. The molecule has 1 atom stereocenters.